The number of pyridine rings is 3. The van der Waals surface area contributed by atoms with Crippen LogP contribution in [0.5, 0.6) is 0 Å². The lowest BCUT2D eigenvalue weighted by atomic mass is 10.0. The van der Waals surface area contributed by atoms with Gasteiger partial charge in [0.2, 0.25) is 0 Å². The molecular formula is C24H21N7O4. The summed E-state index contributed by atoms with van der Waals surface area (Å²) in [6.45, 7) is 2.18. The number of carbonyl (C=O) groups excluding carboxylic acids is 1. The number of aromatic nitrogens is 5. The van der Waals surface area contributed by atoms with Crippen LogP contribution in [0, 0.1) is 11.3 Å². The van der Waals surface area contributed by atoms with E-state index in [0.29, 0.717) is 53.7 Å². The number of aromatic amines is 1. The highest BCUT2D eigenvalue weighted by atomic mass is 16.3. The van der Waals surface area contributed by atoms with Gasteiger partial charge in [-0.05, 0) is 44.0 Å². The second kappa shape index (κ2) is 8.73. The molecule has 176 valence electrons. The van der Waals surface area contributed by atoms with Crippen LogP contribution in [-0.4, -0.2) is 59.6 Å². The highest BCUT2D eigenvalue weighted by Crippen LogP contribution is 2.29. The Morgan fingerprint density at radius 2 is 1.94 bits per heavy atom. The van der Waals surface area contributed by atoms with E-state index in [0.717, 1.165) is 0 Å². The smallest absolute Gasteiger partial charge is 0.329 e. The number of carbonyl (C=O) groups is 1. The third kappa shape index (κ3) is 3.94. The topological polar surface area (TPSA) is 158 Å². The maximum absolute atomic E-state index is 13.0. The summed E-state index contributed by atoms with van der Waals surface area (Å²) in [4.78, 5) is 55.0. The normalized spacial score (nSPS) is 15.3. The van der Waals surface area contributed by atoms with Gasteiger partial charge in [0.15, 0.2) is 0 Å². The van der Waals surface area contributed by atoms with Crippen LogP contribution in [-0.2, 0) is 4.79 Å². The SMILES string of the molecule is C[C@@H](O)C(=O)N1CCC(n2c(=O)[nH]c(=O)c3cnc4ccc(-c5ccc(C#N)nc5)nc4c32)CC1. The first kappa shape index (κ1) is 22.4. The first-order valence-electron chi connectivity index (χ1n) is 11.1. The molecule has 2 N–H and O–H groups in total. The van der Waals surface area contributed by atoms with Gasteiger partial charge in [-0.3, -0.25) is 24.1 Å². The molecule has 5 heterocycles. The Balaban J connectivity index is 1.66. The summed E-state index contributed by atoms with van der Waals surface area (Å²) in [7, 11) is 0. The molecule has 0 unspecified atom stereocenters. The zero-order chi connectivity index (χ0) is 24.7. The van der Waals surface area contributed by atoms with Gasteiger partial charge < -0.3 is 10.0 Å². The Labute approximate surface area is 198 Å². The minimum atomic E-state index is -1.09. The summed E-state index contributed by atoms with van der Waals surface area (Å²) in [5, 5.41) is 18.9. The minimum absolute atomic E-state index is 0.238. The zero-order valence-corrected chi connectivity index (χ0v) is 18.8. The third-order valence-corrected chi connectivity index (χ3v) is 6.28. The molecule has 0 saturated carbocycles. The largest absolute Gasteiger partial charge is 0.384 e. The van der Waals surface area contributed by atoms with Crippen molar-refractivity contribution in [3.8, 4) is 17.3 Å². The molecule has 1 aliphatic rings. The first-order valence-corrected chi connectivity index (χ1v) is 11.1. The van der Waals surface area contributed by atoms with Crippen LogP contribution in [0.3, 0.4) is 0 Å². The molecule has 0 aromatic carbocycles. The van der Waals surface area contributed by atoms with Crippen molar-refractivity contribution in [2.45, 2.75) is 31.9 Å². The van der Waals surface area contributed by atoms with E-state index in [4.69, 9.17) is 10.2 Å². The molecule has 0 bridgehead atoms. The molecular weight excluding hydrogens is 450 g/mol. The molecule has 1 atom stereocenters. The predicted octanol–water partition coefficient (Wildman–Crippen LogP) is 1.11. The Bertz CT molecular complexity index is 1610. The van der Waals surface area contributed by atoms with Crippen LogP contribution in [0.4, 0.5) is 0 Å². The van der Waals surface area contributed by atoms with E-state index >= 15 is 0 Å². The van der Waals surface area contributed by atoms with Crippen molar-refractivity contribution in [2.75, 3.05) is 13.1 Å². The standard InChI is InChI=1S/C24H21N7O4/c1-13(32)23(34)30-8-6-16(7-9-30)31-21-17(22(33)29-24(31)35)12-27-19-5-4-18(28-20(19)21)14-2-3-15(10-25)26-11-14/h2-5,11-13,16,32H,6-9H2,1H3,(H,29,33,35)/t13-/m1/s1. The number of hydrogen-bond acceptors (Lipinski definition) is 8. The number of fused-ring (bicyclic) bond motifs is 3. The van der Waals surface area contributed by atoms with Gasteiger partial charge in [0, 0.05) is 37.1 Å². The van der Waals surface area contributed by atoms with E-state index in [1.54, 1.807) is 39.9 Å². The lowest BCUT2D eigenvalue weighted by Crippen LogP contribution is -2.45. The predicted molar refractivity (Wildman–Crippen MR) is 126 cm³/mol. The van der Waals surface area contributed by atoms with Crippen LogP contribution in [0.1, 0.15) is 31.5 Å². The van der Waals surface area contributed by atoms with E-state index in [1.807, 2.05) is 6.07 Å². The van der Waals surface area contributed by atoms with Gasteiger partial charge in [0.1, 0.15) is 23.4 Å². The Morgan fingerprint density at radius 3 is 2.60 bits per heavy atom. The molecule has 11 heteroatoms. The maximum Gasteiger partial charge on any atom is 0.329 e. The van der Waals surface area contributed by atoms with Crippen molar-refractivity contribution in [2.24, 2.45) is 0 Å². The van der Waals surface area contributed by atoms with Gasteiger partial charge >= 0.3 is 5.69 Å². The van der Waals surface area contributed by atoms with Crippen molar-refractivity contribution in [1.82, 2.24) is 29.4 Å². The Morgan fingerprint density at radius 1 is 1.17 bits per heavy atom. The number of H-pyrrole nitrogens is 1. The fourth-order valence-electron chi connectivity index (χ4n) is 4.52. The maximum atomic E-state index is 13.0. The summed E-state index contributed by atoms with van der Waals surface area (Å²) in [6, 6.07) is 8.53. The molecule has 1 saturated heterocycles. The molecule has 0 radical (unpaired) electrons. The quantitative estimate of drug-likeness (QED) is 0.421. The summed E-state index contributed by atoms with van der Waals surface area (Å²) in [5.41, 5.74) is 1.70. The van der Waals surface area contributed by atoms with E-state index in [-0.39, 0.29) is 23.0 Å². The number of nitriles is 1. The highest BCUT2D eigenvalue weighted by Gasteiger charge is 2.28. The van der Waals surface area contributed by atoms with E-state index in [9.17, 15) is 19.5 Å². The van der Waals surface area contributed by atoms with E-state index < -0.39 is 17.4 Å². The fraction of sp³-hybridized carbons (Fsp3) is 0.292. The minimum Gasteiger partial charge on any atom is -0.384 e. The number of amides is 1. The molecule has 1 fully saturated rings. The number of aliphatic hydroxyl groups excluding tert-OH is 1. The average Bonchev–Trinajstić information content (AvgIpc) is 2.88. The third-order valence-electron chi connectivity index (χ3n) is 6.28. The van der Waals surface area contributed by atoms with Gasteiger partial charge in [-0.25, -0.2) is 14.8 Å². The summed E-state index contributed by atoms with van der Waals surface area (Å²) >= 11 is 0. The molecule has 35 heavy (non-hydrogen) atoms. The first-order chi connectivity index (χ1) is 16.9. The fourth-order valence-corrected chi connectivity index (χ4v) is 4.52. The molecule has 1 amide bonds. The van der Waals surface area contributed by atoms with Crippen molar-refractivity contribution < 1.29 is 9.90 Å². The molecule has 0 spiro atoms. The average molecular weight is 471 g/mol. The molecule has 0 aliphatic carbocycles. The number of nitrogens with one attached hydrogen (secondary N) is 1. The number of likely N-dealkylation sites (tertiary alicyclic amines) is 1. The van der Waals surface area contributed by atoms with Gasteiger partial charge in [-0.15, -0.1) is 0 Å². The Kier molecular flexibility index (Phi) is 5.58. The van der Waals surface area contributed by atoms with E-state index in [1.165, 1.54) is 13.1 Å². The second-order valence-electron chi connectivity index (χ2n) is 8.49. The van der Waals surface area contributed by atoms with Gasteiger partial charge in [0.25, 0.3) is 11.5 Å². The zero-order valence-electron chi connectivity index (χ0n) is 18.8. The monoisotopic (exact) mass is 471 g/mol. The lowest BCUT2D eigenvalue weighted by Gasteiger charge is -2.34. The molecule has 5 rings (SSSR count). The van der Waals surface area contributed by atoms with Crippen LogP contribution in [0.15, 0.2) is 46.2 Å². The highest BCUT2D eigenvalue weighted by molar-refractivity contribution is 6.01. The van der Waals surface area contributed by atoms with Gasteiger partial charge in [0.05, 0.1) is 22.1 Å². The van der Waals surface area contributed by atoms with Crippen molar-refractivity contribution >= 4 is 27.8 Å². The number of piperidine rings is 1. The summed E-state index contributed by atoms with van der Waals surface area (Å²) in [6.07, 6.45) is 2.84. The van der Waals surface area contributed by atoms with E-state index in [2.05, 4.69) is 15.0 Å². The molecule has 4 aromatic rings. The van der Waals surface area contributed by atoms with Gasteiger partial charge in [-0.2, -0.15) is 5.26 Å². The molecule has 11 nitrogen and oxygen atoms in total. The number of rotatable bonds is 3. The van der Waals surface area contributed by atoms with Gasteiger partial charge in [-0.1, -0.05) is 0 Å². The number of nitrogens with zero attached hydrogens (tertiary/aromatic N) is 6. The molecule has 4 aromatic heterocycles. The summed E-state index contributed by atoms with van der Waals surface area (Å²) < 4.78 is 1.54. The molecule has 1 aliphatic heterocycles. The summed E-state index contributed by atoms with van der Waals surface area (Å²) in [5.74, 6) is -0.348. The van der Waals surface area contributed by atoms with Crippen molar-refractivity contribution in [1.29, 1.82) is 5.26 Å². The van der Waals surface area contributed by atoms with Crippen LogP contribution in [0.2, 0.25) is 0 Å². The van der Waals surface area contributed by atoms with Crippen molar-refractivity contribution in [3.63, 3.8) is 0 Å². The van der Waals surface area contributed by atoms with Crippen LogP contribution in [0.25, 0.3) is 33.2 Å². The number of aliphatic hydroxyl groups is 1. The lowest BCUT2D eigenvalue weighted by molar-refractivity contribution is -0.140. The number of hydrogen-bond donors (Lipinski definition) is 2. The van der Waals surface area contributed by atoms with Crippen LogP contribution >= 0.6 is 0 Å². The second-order valence-corrected chi connectivity index (χ2v) is 8.49. The Hall–Kier alpha value is -4.43. The van der Waals surface area contributed by atoms with Crippen LogP contribution < -0.4 is 11.2 Å². The van der Waals surface area contributed by atoms with Crippen molar-refractivity contribution in [3.05, 3.63) is 63.2 Å².